The molecule has 3 heterocycles. The van der Waals surface area contributed by atoms with Gasteiger partial charge in [0, 0.05) is 49.1 Å². The van der Waals surface area contributed by atoms with Crippen molar-refractivity contribution in [2.24, 2.45) is 0 Å². The third-order valence-electron chi connectivity index (χ3n) is 5.61. The minimum Gasteiger partial charge on any atom is -0.494 e. The summed E-state index contributed by atoms with van der Waals surface area (Å²) in [6, 6.07) is 10.5. The van der Waals surface area contributed by atoms with Crippen LogP contribution in [0.5, 0.6) is 5.75 Å². The van der Waals surface area contributed by atoms with Gasteiger partial charge in [0.05, 0.1) is 13.2 Å². The number of hydrogen-bond donors (Lipinski definition) is 0. The third kappa shape index (κ3) is 3.52. The molecule has 0 radical (unpaired) electrons. The summed E-state index contributed by atoms with van der Waals surface area (Å²) in [5.41, 5.74) is 1.97. The third-order valence-corrected chi connectivity index (χ3v) is 5.61. The van der Waals surface area contributed by atoms with Crippen LogP contribution in [0.4, 0.5) is 14.6 Å². The summed E-state index contributed by atoms with van der Waals surface area (Å²) in [5, 5.41) is 0.685. The molecule has 1 aliphatic heterocycles. The lowest BCUT2D eigenvalue weighted by Gasteiger charge is -2.39. The van der Waals surface area contributed by atoms with Gasteiger partial charge >= 0.3 is 0 Å². The summed E-state index contributed by atoms with van der Waals surface area (Å²) in [6.07, 6.45) is 3.49. The summed E-state index contributed by atoms with van der Waals surface area (Å²) in [5.74, 6) is 0.586. The maximum absolute atomic E-state index is 14.5. The Labute approximate surface area is 183 Å². The molecule has 8 heteroatoms. The number of fused-ring (bicyclic) bond motifs is 1. The maximum Gasteiger partial charge on any atom is 0.163 e. The van der Waals surface area contributed by atoms with Crippen LogP contribution in [0.25, 0.3) is 33.4 Å². The van der Waals surface area contributed by atoms with Gasteiger partial charge in [0.15, 0.2) is 5.82 Å². The molecule has 0 aliphatic carbocycles. The SMILES string of the molecule is COc1cc(-c2cc(F)ccc2F)cc2c(N3CC(OC)C3)nc(-c3cccnc3)nc12. The number of anilines is 1. The van der Waals surface area contributed by atoms with Gasteiger partial charge in [-0.05, 0) is 48.0 Å². The largest absolute Gasteiger partial charge is 0.494 e. The van der Waals surface area contributed by atoms with E-state index in [1.54, 1.807) is 31.6 Å². The van der Waals surface area contributed by atoms with Crippen molar-refractivity contribution >= 4 is 16.7 Å². The molecule has 0 amide bonds. The Morgan fingerprint density at radius 2 is 1.84 bits per heavy atom. The molecule has 0 atom stereocenters. The van der Waals surface area contributed by atoms with E-state index >= 15 is 0 Å². The van der Waals surface area contributed by atoms with Crippen molar-refractivity contribution in [1.29, 1.82) is 0 Å². The molecule has 0 saturated carbocycles. The number of methoxy groups -OCH3 is 2. The van der Waals surface area contributed by atoms with E-state index in [-0.39, 0.29) is 11.7 Å². The molecule has 5 rings (SSSR count). The topological polar surface area (TPSA) is 60.4 Å². The number of aromatic nitrogens is 3. The molecule has 0 spiro atoms. The van der Waals surface area contributed by atoms with Crippen LogP contribution in [0.1, 0.15) is 0 Å². The highest BCUT2D eigenvalue weighted by Gasteiger charge is 2.30. The number of ether oxygens (including phenoxy) is 2. The zero-order valence-electron chi connectivity index (χ0n) is 17.5. The van der Waals surface area contributed by atoms with Gasteiger partial charge in [-0.15, -0.1) is 0 Å². The highest BCUT2D eigenvalue weighted by Crippen LogP contribution is 2.39. The van der Waals surface area contributed by atoms with E-state index in [2.05, 4.69) is 9.88 Å². The Bertz CT molecular complexity index is 1290. The van der Waals surface area contributed by atoms with Gasteiger partial charge in [0.2, 0.25) is 0 Å². The molecule has 0 bridgehead atoms. The molecule has 162 valence electrons. The summed E-state index contributed by atoms with van der Waals surface area (Å²) in [7, 11) is 3.20. The van der Waals surface area contributed by atoms with E-state index in [1.807, 2.05) is 12.1 Å². The van der Waals surface area contributed by atoms with E-state index in [4.69, 9.17) is 19.4 Å². The first-order valence-electron chi connectivity index (χ1n) is 10.1. The average Bonchev–Trinajstić information content (AvgIpc) is 2.79. The molecule has 1 fully saturated rings. The fourth-order valence-electron chi connectivity index (χ4n) is 3.84. The van der Waals surface area contributed by atoms with Crippen LogP contribution in [0.15, 0.2) is 54.9 Å². The number of pyridine rings is 1. The molecule has 0 unspecified atom stereocenters. The first-order chi connectivity index (χ1) is 15.6. The molecule has 1 saturated heterocycles. The maximum atomic E-state index is 14.5. The Balaban J connectivity index is 1.75. The van der Waals surface area contributed by atoms with E-state index in [9.17, 15) is 8.78 Å². The smallest absolute Gasteiger partial charge is 0.163 e. The number of halogens is 2. The highest BCUT2D eigenvalue weighted by molar-refractivity contribution is 5.98. The number of benzene rings is 2. The fraction of sp³-hybridized carbons (Fsp3) is 0.208. The standard InChI is InChI=1S/C24H20F2N4O2/c1-31-17-12-30(13-17)24-19-8-15(18-10-16(25)5-6-20(18)26)9-21(32-2)22(19)28-23(29-24)14-4-3-7-27-11-14/h3-11,17H,12-13H2,1-2H3. The van der Waals surface area contributed by atoms with Gasteiger partial charge in [-0.2, -0.15) is 0 Å². The second kappa shape index (κ2) is 8.12. The average molecular weight is 434 g/mol. The van der Waals surface area contributed by atoms with Crippen LogP contribution in [0.3, 0.4) is 0 Å². The molecule has 32 heavy (non-hydrogen) atoms. The molecule has 1 aliphatic rings. The summed E-state index contributed by atoms with van der Waals surface area (Å²) >= 11 is 0. The quantitative estimate of drug-likeness (QED) is 0.462. The lowest BCUT2D eigenvalue weighted by Crippen LogP contribution is -2.52. The second-order valence-corrected chi connectivity index (χ2v) is 7.57. The van der Waals surface area contributed by atoms with E-state index in [1.165, 1.54) is 13.2 Å². The second-order valence-electron chi connectivity index (χ2n) is 7.57. The van der Waals surface area contributed by atoms with Crippen molar-refractivity contribution in [3.8, 4) is 28.3 Å². The van der Waals surface area contributed by atoms with Gasteiger partial charge in [-0.3, -0.25) is 4.98 Å². The predicted molar refractivity (Wildman–Crippen MR) is 118 cm³/mol. The molecular formula is C24H20F2N4O2. The zero-order valence-corrected chi connectivity index (χ0v) is 17.5. The molecule has 2 aromatic heterocycles. The molecule has 6 nitrogen and oxygen atoms in total. The van der Waals surface area contributed by atoms with Gasteiger partial charge in [-0.1, -0.05) is 0 Å². The summed E-state index contributed by atoms with van der Waals surface area (Å²) in [4.78, 5) is 15.8. The first kappa shape index (κ1) is 20.3. The van der Waals surface area contributed by atoms with Gasteiger partial charge in [-0.25, -0.2) is 18.7 Å². The van der Waals surface area contributed by atoms with E-state index < -0.39 is 11.6 Å². The van der Waals surface area contributed by atoms with Crippen molar-refractivity contribution in [3.63, 3.8) is 0 Å². The van der Waals surface area contributed by atoms with E-state index in [0.29, 0.717) is 46.9 Å². The Morgan fingerprint density at radius 1 is 1.00 bits per heavy atom. The Kier molecular flexibility index (Phi) is 5.14. The Hall–Kier alpha value is -3.65. The lowest BCUT2D eigenvalue weighted by atomic mass is 10.0. The van der Waals surface area contributed by atoms with Crippen molar-refractivity contribution in [2.75, 3.05) is 32.2 Å². The van der Waals surface area contributed by atoms with Crippen LogP contribution < -0.4 is 9.64 Å². The zero-order chi connectivity index (χ0) is 22.2. The lowest BCUT2D eigenvalue weighted by molar-refractivity contribution is 0.0785. The van der Waals surface area contributed by atoms with Crippen molar-refractivity contribution in [1.82, 2.24) is 15.0 Å². The van der Waals surface area contributed by atoms with Crippen molar-refractivity contribution in [3.05, 3.63) is 66.5 Å². The van der Waals surface area contributed by atoms with Crippen molar-refractivity contribution in [2.45, 2.75) is 6.10 Å². The Morgan fingerprint density at radius 3 is 2.56 bits per heavy atom. The molecular weight excluding hydrogens is 414 g/mol. The van der Waals surface area contributed by atoms with Crippen LogP contribution in [-0.2, 0) is 4.74 Å². The minimum atomic E-state index is -0.523. The number of hydrogen-bond acceptors (Lipinski definition) is 6. The molecule has 0 N–H and O–H groups in total. The highest BCUT2D eigenvalue weighted by atomic mass is 19.1. The van der Waals surface area contributed by atoms with Crippen LogP contribution in [0.2, 0.25) is 0 Å². The number of rotatable bonds is 5. The van der Waals surface area contributed by atoms with Gasteiger partial charge < -0.3 is 14.4 Å². The minimum absolute atomic E-state index is 0.104. The number of nitrogens with zero attached hydrogens (tertiary/aromatic N) is 4. The van der Waals surface area contributed by atoms with Crippen LogP contribution in [0, 0.1) is 11.6 Å². The monoisotopic (exact) mass is 434 g/mol. The van der Waals surface area contributed by atoms with Gasteiger partial charge in [0.1, 0.15) is 28.7 Å². The van der Waals surface area contributed by atoms with Gasteiger partial charge in [0.25, 0.3) is 0 Å². The first-order valence-corrected chi connectivity index (χ1v) is 10.1. The summed E-state index contributed by atoms with van der Waals surface area (Å²) in [6.45, 7) is 1.33. The van der Waals surface area contributed by atoms with Crippen LogP contribution in [-0.4, -0.2) is 48.4 Å². The van der Waals surface area contributed by atoms with Crippen LogP contribution >= 0.6 is 0 Å². The summed E-state index contributed by atoms with van der Waals surface area (Å²) < 4.78 is 39.4. The fourth-order valence-corrected chi connectivity index (χ4v) is 3.84. The normalized spacial score (nSPS) is 13.9. The molecule has 4 aromatic rings. The van der Waals surface area contributed by atoms with Crippen molar-refractivity contribution < 1.29 is 18.3 Å². The van der Waals surface area contributed by atoms with E-state index in [0.717, 1.165) is 17.7 Å². The molecule has 2 aromatic carbocycles. The predicted octanol–water partition coefficient (Wildman–Crippen LogP) is 4.48.